The zero-order chi connectivity index (χ0) is 21.8. The highest BCUT2D eigenvalue weighted by Gasteiger charge is 2.28. The van der Waals surface area contributed by atoms with E-state index in [2.05, 4.69) is 15.5 Å². The zero-order valence-electron chi connectivity index (χ0n) is 16.9. The first-order valence-corrected chi connectivity index (χ1v) is 9.81. The van der Waals surface area contributed by atoms with Crippen molar-refractivity contribution in [3.05, 3.63) is 58.8 Å². The molecule has 3 aromatic rings. The molecule has 1 atom stereocenters. The first-order valence-electron chi connectivity index (χ1n) is 9.81. The predicted octanol–water partition coefficient (Wildman–Crippen LogP) is 3.51. The Hall–Kier alpha value is -3.95. The molecule has 1 N–H and O–H groups in total. The summed E-state index contributed by atoms with van der Waals surface area (Å²) in [6, 6.07) is 11.4. The smallest absolute Gasteiger partial charge is 0.271 e. The van der Waals surface area contributed by atoms with Gasteiger partial charge in [-0.3, -0.25) is 14.9 Å². The molecule has 3 heterocycles. The number of benzene rings is 1. The van der Waals surface area contributed by atoms with E-state index in [1.165, 1.54) is 25.3 Å². The molecule has 0 saturated carbocycles. The van der Waals surface area contributed by atoms with Crippen LogP contribution in [0.3, 0.4) is 0 Å². The van der Waals surface area contributed by atoms with Crippen LogP contribution in [-0.4, -0.2) is 41.2 Å². The third-order valence-corrected chi connectivity index (χ3v) is 5.19. The van der Waals surface area contributed by atoms with Crippen LogP contribution < -0.4 is 15.0 Å². The summed E-state index contributed by atoms with van der Waals surface area (Å²) >= 11 is 0. The molecule has 4 rings (SSSR count). The van der Waals surface area contributed by atoms with Crippen LogP contribution in [0.4, 0.5) is 17.2 Å². The second-order valence-electron chi connectivity index (χ2n) is 7.17. The number of hydrogen-bond donors (Lipinski definition) is 1. The molecule has 1 amide bonds. The Balaban J connectivity index is 1.45. The van der Waals surface area contributed by atoms with Crippen molar-refractivity contribution < 1.29 is 18.9 Å². The molecular weight excluding hydrogens is 402 g/mol. The third kappa shape index (κ3) is 4.47. The molecule has 1 aromatic carbocycles. The quantitative estimate of drug-likeness (QED) is 0.472. The first-order chi connectivity index (χ1) is 15.0. The topological polar surface area (TPSA) is 124 Å². The van der Waals surface area contributed by atoms with E-state index in [9.17, 15) is 14.9 Å². The summed E-state index contributed by atoms with van der Waals surface area (Å²) in [6.45, 7) is 1.23. The van der Waals surface area contributed by atoms with Crippen molar-refractivity contribution in [2.45, 2.75) is 12.8 Å². The van der Waals surface area contributed by atoms with Crippen LogP contribution in [0.15, 0.2) is 53.1 Å². The number of anilines is 2. The Kier molecular flexibility index (Phi) is 5.78. The molecule has 1 aliphatic rings. The molecular formula is C21H21N5O5. The fourth-order valence-electron chi connectivity index (χ4n) is 3.59. The second-order valence-corrected chi connectivity index (χ2v) is 7.17. The number of carbonyl (C=O) groups excluding carboxylic acids is 1. The van der Waals surface area contributed by atoms with Crippen molar-refractivity contribution in [1.82, 2.24) is 10.2 Å². The van der Waals surface area contributed by atoms with Crippen LogP contribution in [0.25, 0.3) is 11.5 Å². The highest BCUT2D eigenvalue weighted by atomic mass is 16.6. The number of ether oxygens (including phenoxy) is 1. The molecule has 1 aliphatic heterocycles. The Morgan fingerprint density at radius 3 is 2.84 bits per heavy atom. The van der Waals surface area contributed by atoms with Crippen molar-refractivity contribution in [1.29, 1.82) is 0 Å². The number of nitro benzene ring substituents is 1. The highest BCUT2D eigenvalue weighted by molar-refractivity contribution is 5.94. The van der Waals surface area contributed by atoms with Gasteiger partial charge in [0.05, 0.1) is 29.9 Å². The summed E-state index contributed by atoms with van der Waals surface area (Å²) in [5.74, 6) is 1.17. The Bertz CT molecular complexity index is 1070. The fraction of sp³-hybridized carbons (Fsp3) is 0.286. The minimum atomic E-state index is -0.511. The van der Waals surface area contributed by atoms with E-state index in [0.717, 1.165) is 13.0 Å². The van der Waals surface area contributed by atoms with Gasteiger partial charge >= 0.3 is 0 Å². The summed E-state index contributed by atoms with van der Waals surface area (Å²) in [6.07, 6.45) is 3.10. The van der Waals surface area contributed by atoms with Gasteiger partial charge in [-0.25, -0.2) is 0 Å². The molecule has 0 bridgehead atoms. The summed E-state index contributed by atoms with van der Waals surface area (Å²) in [5.41, 5.74) is 0.799. The van der Waals surface area contributed by atoms with Crippen molar-refractivity contribution in [2.24, 2.45) is 5.92 Å². The molecule has 10 heteroatoms. The second kappa shape index (κ2) is 8.82. The van der Waals surface area contributed by atoms with Gasteiger partial charge in [-0.05, 0) is 43.2 Å². The van der Waals surface area contributed by atoms with E-state index in [-0.39, 0.29) is 23.2 Å². The monoisotopic (exact) mass is 423 g/mol. The van der Waals surface area contributed by atoms with Gasteiger partial charge in [-0.1, -0.05) is 0 Å². The van der Waals surface area contributed by atoms with Crippen LogP contribution in [0.5, 0.6) is 5.75 Å². The number of amides is 1. The standard InChI is InChI=1S/C21H21N5O5/c1-30-18-8-6-15(26(28)29)12-17(18)22-21(27)14-4-2-10-25(13-14)20-9-7-16(23-24-20)19-5-3-11-31-19/h3,5-9,11-12,14H,2,4,10,13H2,1H3,(H,22,27). The number of nitro groups is 1. The van der Waals surface area contributed by atoms with Gasteiger partial charge in [0.2, 0.25) is 5.91 Å². The Morgan fingerprint density at radius 2 is 2.16 bits per heavy atom. The Labute approximate surface area is 178 Å². The highest BCUT2D eigenvalue weighted by Crippen LogP contribution is 2.30. The van der Waals surface area contributed by atoms with Crippen molar-refractivity contribution >= 4 is 23.1 Å². The number of methoxy groups -OCH3 is 1. The maximum atomic E-state index is 12.9. The van der Waals surface area contributed by atoms with E-state index in [1.54, 1.807) is 12.3 Å². The molecule has 0 spiro atoms. The summed E-state index contributed by atoms with van der Waals surface area (Å²) in [5, 5.41) is 22.3. The molecule has 160 valence electrons. The minimum Gasteiger partial charge on any atom is -0.495 e. The maximum absolute atomic E-state index is 12.9. The fourth-order valence-corrected chi connectivity index (χ4v) is 3.59. The lowest BCUT2D eigenvalue weighted by Crippen LogP contribution is -2.41. The van der Waals surface area contributed by atoms with E-state index >= 15 is 0 Å². The molecule has 1 fully saturated rings. The van der Waals surface area contributed by atoms with Crippen molar-refractivity contribution in [3.8, 4) is 17.2 Å². The van der Waals surface area contributed by atoms with E-state index in [1.807, 2.05) is 23.1 Å². The number of piperidine rings is 1. The van der Waals surface area contributed by atoms with Crippen molar-refractivity contribution in [2.75, 3.05) is 30.4 Å². The number of carbonyl (C=O) groups is 1. The SMILES string of the molecule is COc1ccc([N+](=O)[O-])cc1NC(=O)C1CCCN(c2ccc(-c3ccco3)nn2)C1. The van der Waals surface area contributed by atoms with Gasteiger partial charge in [-0.2, -0.15) is 0 Å². The number of rotatable bonds is 6. The number of hydrogen-bond acceptors (Lipinski definition) is 8. The third-order valence-electron chi connectivity index (χ3n) is 5.19. The summed E-state index contributed by atoms with van der Waals surface area (Å²) < 4.78 is 10.6. The molecule has 1 unspecified atom stereocenters. The lowest BCUT2D eigenvalue weighted by Gasteiger charge is -2.32. The van der Waals surface area contributed by atoms with Gasteiger partial charge in [0.1, 0.15) is 11.4 Å². The molecule has 0 aliphatic carbocycles. The number of aromatic nitrogens is 2. The number of non-ortho nitro benzene ring substituents is 1. The lowest BCUT2D eigenvalue weighted by molar-refractivity contribution is -0.384. The van der Waals surface area contributed by atoms with Crippen LogP contribution >= 0.6 is 0 Å². The largest absolute Gasteiger partial charge is 0.495 e. The molecule has 31 heavy (non-hydrogen) atoms. The average Bonchev–Trinajstić information content (AvgIpc) is 3.34. The normalized spacial score (nSPS) is 16.0. The van der Waals surface area contributed by atoms with Crippen LogP contribution in [0.1, 0.15) is 12.8 Å². The molecule has 10 nitrogen and oxygen atoms in total. The van der Waals surface area contributed by atoms with Crippen LogP contribution in [0, 0.1) is 16.0 Å². The first kappa shape index (κ1) is 20.3. The zero-order valence-corrected chi connectivity index (χ0v) is 16.9. The minimum absolute atomic E-state index is 0.117. The van der Waals surface area contributed by atoms with Gasteiger partial charge in [0.25, 0.3) is 5.69 Å². The van der Waals surface area contributed by atoms with Gasteiger partial charge in [0, 0.05) is 25.2 Å². The average molecular weight is 423 g/mol. The van der Waals surface area contributed by atoms with Crippen LogP contribution in [0.2, 0.25) is 0 Å². The molecule has 1 saturated heterocycles. The van der Waals surface area contributed by atoms with Gasteiger partial charge < -0.3 is 19.4 Å². The number of nitrogens with one attached hydrogen (secondary N) is 1. The predicted molar refractivity (Wildman–Crippen MR) is 113 cm³/mol. The summed E-state index contributed by atoms with van der Waals surface area (Å²) in [7, 11) is 1.45. The number of nitrogens with zero attached hydrogens (tertiary/aromatic N) is 4. The van der Waals surface area contributed by atoms with E-state index < -0.39 is 4.92 Å². The van der Waals surface area contributed by atoms with Crippen LogP contribution in [-0.2, 0) is 4.79 Å². The van der Waals surface area contributed by atoms with Gasteiger partial charge in [0.15, 0.2) is 11.6 Å². The van der Waals surface area contributed by atoms with Crippen molar-refractivity contribution in [3.63, 3.8) is 0 Å². The maximum Gasteiger partial charge on any atom is 0.271 e. The number of furan rings is 1. The molecule has 2 aromatic heterocycles. The lowest BCUT2D eigenvalue weighted by atomic mass is 9.97. The molecule has 0 radical (unpaired) electrons. The van der Waals surface area contributed by atoms with E-state index in [0.29, 0.717) is 36.0 Å². The Morgan fingerprint density at radius 1 is 1.29 bits per heavy atom. The van der Waals surface area contributed by atoms with Gasteiger partial charge in [-0.15, -0.1) is 10.2 Å². The summed E-state index contributed by atoms with van der Waals surface area (Å²) in [4.78, 5) is 25.5. The van der Waals surface area contributed by atoms with E-state index in [4.69, 9.17) is 9.15 Å².